The van der Waals surface area contributed by atoms with Crippen LogP contribution in [-0.4, -0.2) is 19.9 Å². The van der Waals surface area contributed by atoms with Crippen LogP contribution < -0.4 is 0 Å². The molecule has 0 spiro atoms. The average molecular weight is 316 g/mol. The molecule has 0 unspecified atom stereocenters. The Hall–Kier alpha value is -2.57. The average Bonchev–Trinajstić information content (AvgIpc) is 3.15. The van der Waals surface area contributed by atoms with Crippen LogP contribution >= 0.6 is 0 Å². The summed E-state index contributed by atoms with van der Waals surface area (Å²) in [6, 6.07) is 10.9. The van der Waals surface area contributed by atoms with Crippen LogP contribution in [0.5, 0.6) is 0 Å². The number of hydrogen-bond acceptors (Lipinski definition) is 4. The summed E-state index contributed by atoms with van der Waals surface area (Å²) < 4.78 is 32.6. The van der Waals surface area contributed by atoms with Gasteiger partial charge in [0.1, 0.15) is 12.2 Å². The van der Waals surface area contributed by atoms with Crippen molar-refractivity contribution in [1.82, 2.24) is 19.9 Å². The number of alkyl halides is 2. The van der Waals surface area contributed by atoms with E-state index in [1.807, 2.05) is 30.3 Å². The molecular weight excluding hydrogens is 302 g/mol. The van der Waals surface area contributed by atoms with Gasteiger partial charge in [-0.05, 0) is 18.9 Å². The van der Waals surface area contributed by atoms with Gasteiger partial charge in [-0.3, -0.25) is 4.68 Å². The second-order valence-electron chi connectivity index (χ2n) is 5.60. The monoisotopic (exact) mass is 316 g/mol. The van der Waals surface area contributed by atoms with Crippen LogP contribution in [-0.2, 0) is 6.54 Å². The quantitative estimate of drug-likeness (QED) is 0.718. The maximum atomic E-state index is 12.9. The fourth-order valence-electron chi connectivity index (χ4n) is 2.54. The van der Waals surface area contributed by atoms with Crippen molar-refractivity contribution in [2.75, 3.05) is 0 Å². The molecule has 0 aliphatic heterocycles. The highest BCUT2D eigenvalue weighted by Gasteiger charge is 2.30. The van der Waals surface area contributed by atoms with Gasteiger partial charge in [0.05, 0.1) is 0 Å². The number of nitrogens with zero attached hydrogens (tertiary/aromatic N) is 4. The van der Waals surface area contributed by atoms with E-state index in [-0.39, 0.29) is 12.2 Å². The number of benzene rings is 1. The topological polar surface area (TPSA) is 56.7 Å². The maximum Gasteiger partial charge on any atom is 0.282 e. The molecule has 4 rings (SSSR count). The molecule has 1 aromatic carbocycles. The summed E-state index contributed by atoms with van der Waals surface area (Å²) in [5, 5.41) is 7.93. The minimum Gasteiger partial charge on any atom is -0.337 e. The van der Waals surface area contributed by atoms with Gasteiger partial charge in [-0.15, -0.1) is 0 Å². The summed E-state index contributed by atoms with van der Waals surface area (Å²) in [6.45, 7) is 0.207. The SMILES string of the molecule is FC(F)c1cc(C2CC2)n(Cc2nc(-c3ccccc3)no2)n1. The van der Waals surface area contributed by atoms with Crippen molar-refractivity contribution < 1.29 is 13.3 Å². The van der Waals surface area contributed by atoms with Gasteiger partial charge in [-0.25, -0.2) is 8.78 Å². The molecule has 118 valence electrons. The normalized spacial score (nSPS) is 14.6. The molecule has 0 saturated heterocycles. The predicted molar refractivity (Wildman–Crippen MR) is 78.0 cm³/mol. The van der Waals surface area contributed by atoms with E-state index in [2.05, 4.69) is 15.2 Å². The van der Waals surface area contributed by atoms with E-state index in [1.54, 1.807) is 4.68 Å². The predicted octanol–water partition coefficient (Wildman–Crippen LogP) is 3.80. The summed E-state index contributed by atoms with van der Waals surface area (Å²) in [7, 11) is 0. The van der Waals surface area contributed by atoms with Crippen molar-refractivity contribution in [3.05, 3.63) is 53.7 Å². The summed E-state index contributed by atoms with van der Waals surface area (Å²) in [5.74, 6) is 1.15. The van der Waals surface area contributed by atoms with Crippen LogP contribution in [0.3, 0.4) is 0 Å². The fourth-order valence-corrected chi connectivity index (χ4v) is 2.54. The van der Waals surface area contributed by atoms with Gasteiger partial charge >= 0.3 is 0 Å². The summed E-state index contributed by atoms with van der Waals surface area (Å²) in [4.78, 5) is 4.32. The zero-order valence-electron chi connectivity index (χ0n) is 12.2. The second kappa shape index (κ2) is 5.57. The summed E-state index contributed by atoms with van der Waals surface area (Å²) in [6.07, 6.45) is -0.558. The van der Waals surface area contributed by atoms with Crippen LogP contribution in [0.4, 0.5) is 8.78 Å². The molecule has 5 nitrogen and oxygen atoms in total. The number of aromatic nitrogens is 4. The first-order valence-electron chi connectivity index (χ1n) is 7.44. The summed E-state index contributed by atoms with van der Waals surface area (Å²) >= 11 is 0. The van der Waals surface area contributed by atoms with Crippen molar-refractivity contribution >= 4 is 0 Å². The molecule has 2 aromatic heterocycles. The first-order valence-corrected chi connectivity index (χ1v) is 7.44. The van der Waals surface area contributed by atoms with Crippen molar-refractivity contribution in [1.29, 1.82) is 0 Å². The number of halogens is 2. The van der Waals surface area contributed by atoms with E-state index >= 15 is 0 Å². The third-order valence-electron chi connectivity index (χ3n) is 3.83. The molecule has 2 heterocycles. The van der Waals surface area contributed by atoms with Crippen LogP contribution in [0.2, 0.25) is 0 Å². The lowest BCUT2D eigenvalue weighted by atomic mass is 10.2. The van der Waals surface area contributed by atoms with Crippen LogP contribution in [0.1, 0.15) is 42.5 Å². The minimum atomic E-state index is -2.57. The molecule has 23 heavy (non-hydrogen) atoms. The van der Waals surface area contributed by atoms with Gasteiger partial charge < -0.3 is 4.52 Å². The molecule has 0 bridgehead atoms. The van der Waals surface area contributed by atoms with Gasteiger partial charge in [0.2, 0.25) is 11.7 Å². The zero-order chi connectivity index (χ0) is 15.8. The van der Waals surface area contributed by atoms with Gasteiger partial charge in [0, 0.05) is 17.2 Å². The highest BCUT2D eigenvalue weighted by atomic mass is 19.3. The lowest BCUT2D eigenvalue weighted by Crippen LogP contribution is -2.06. The zero-order valence-corrected chi connectivity index (χ0v) is 12.2. The van der Waals surface area contributed by atoms with E-state index in [0.29, 0.717) is 17.6 Å². The standard InChI is InChI=1S/C16H14F2N4O/c17-15(18)12-8-13(10-6-7-10)22(20-12)9-14-19-16(21-23-14)11-4-2-1-3-5-11/h1-5,8,10,15H,6-7,9H2. The highest BCUT2D eigenvalue weighted by Crippen LogP contribution is 2.41. The molecular formula is C16H14F2N4O. The van der Waals surface area contributed by atoms with Crippen LogP contribution in [0, 0.1) is 0 Å². The Morgan fingerprint density at radius 3 is 2.70 bits per heavy atom. The van der Waals surface area contributed by atoms with Gasteiger partial charge in [0.15, 0.2) is 0 Å². The Bertz CT molecular complexity index is 809. The minimum absolute atomic E-state index is 0.199. The molecule has 1 saturated carbocycles. The maximum absolute atomic E-state index is 12.9. The third-order valence-corrected chi connectivity index (χ3v) is 3.83. The lowest BCUT2D eigenvalue weighted by molar-refractivity contribution is 0.145. The largest absolute Gasteiger partial charge is 0.337 e. The summed E-state index contributed by atoms with van der Waals surface area (Å²) in [5.41, 5.74) is 1.47. The molecule has 1 fully saturated rings. The molecule has 3 aromatic rings. The van der Waals surface area contributed by atoms with E-state index in [0.717, 1.165) is 24.1 Å². The number of hydrogen-bond donors (Lipinski definition) is 0. The van der Waals surface area contributed by atoms with Crippen LogP contribution in [0.25, 0.3) is 11.4 Å². The van der Waals surface area contributed by atoms with Crippen molar-refractivity contribution in [2.24, 2.45) is 0 Å². The Labute approximate surface area is 130 Å². The Kier molecular flexibility index (Phi) is 3.40. The smallest absolute Gasteiger partial charge is 0.282 e. The first-order chi connectivity index (χ1) is 11.2. The third kappa shape index (κ3) is 2.86. The molecule has 0 atom stereocenters. The number of rotatable bonds is 5. The molecule has 7 heteroatoms. The van der Waals surface area contributed by atoms with E-state index in [9.17, 15) is 8.78 Å². The molecule has 1 aliphatic rings. The Morgan fingerprint density at radius 2 is 2.00 bits per heavy atom. The van der Waals surface area contributed by atoms with E-state index in [4.69, 9.17) is 4.52 Å². The van der Waals surface area contributed by atoms with Gasteiger partial charge in [0.25, 0.3) is 6.43 Å². The van der Waals surface area contributed by atoms with Gasteiger partial charge in [-0.2, -0.15) is 10.1 Å². The molecule has 0 radical (unpaired) electrons. The Balaban J connectivity index is 1.60. The van der Waals surface area contributed by atoms with E-state index in [1.165, 1.54) is 6.07 Å². The fraction of sp³-hybridized carbons (Fsp3) is 0.312. The molecule has 0 N–H and O–H groups in total. The van der Waals surface area contributed by atoms with Gasteiger partial charge in [-0.1, -0.05) is 35.5 Å². The highest BCUT2D eigenvalue weighted by molar-refractivity contribution is 5.53. The lowest BCUT2D eigenvalue weighted by Gasteiger charge is -2.02. The second-order valence-corrected chi connectivity index (χ2v) is 5.60. The van der Waals surface area contributed by atoms with E-state index < -0.39 is 6.43 Å². The first kappa shape index (κ1) is 14.0. The van der Waals surface area contributed by atoms with Crippen molar-refractivity contribution in [3.8, 4) is 11.4 Å². The van der Waals surface area contributed by atoms with Crippen LogP contribution in [0.15, 0.2) is 40.9 Å². The Morgan fingerprint density at radius 1 is 1.22 bits per heavy atom. The van der Waals surface area contributed by atoms with Crippen molar-refractivity contribution in [3.63, 3.8) is 0 Å². The van der Waals surface area contributed by atoms with Crippen molar-refractivity contribution in [2.45, 2.75) is 31.7 Å². The molecule has 0 amide bonds. The molecule has 1 aliphatic carbocycles.